The van der Waals surface area contributed by atoms with E-state index in [1.54, 1.807) is 4.72 Å². The standard InChI is InChI=1S/C9H10F4N4O2S/c10-5-2-1-3-6(7(5)8(14)15)17-20(18,19)16-4-9(11,12)13/h1-3,16-17H,4H2,(H3,14,15). The summed E-state index contributed by atoms with van der Waals surface area (Å²) in [6.45, 7) is -1.78. The quantitative estimate of drug-likeness (QED) is 0.369. The molecule has 5 N–H and O–H groups in total. The summed E-state index contributed by atoms with van der Waals surface area (Å²) >= 11 is 0. The van der Waals surface area contributed by atoms with Gasteiger partial charge in [0.05, 0.1) is 11.3 Å². The van der Waals surface area contributed by atoms with Crippen molar-refractivity contribution >= 4 is 21.7 Å². The van der Waals surface area contributed by atoms with Gasteiger partial charge in [-0.15, -0.1) is 0 Å². The highest BCUT2D eigenvalue weighted by Crippen LogP contribution is 2.19. The van der Waals surface area contributed by atoms with Crippen LogP contribution >= 0.6 is 0 Å². The molecule has 1 rings (SSSR count). The van der Waals surface area contributed by atoms with Crippen molar-refractivity contribution in [2.24, 2.45) is 5.73 Å². The van der Waals surface area contributed by atoms with Crippen LogP contribution in [0.5, 0.6) is 0 Å². The van der Waals surface area contributed by atoms with E-state index in [1.165, 1.54) is 4.72 Å². The maximum atomic E-state index is 13.4. The maximum Gasteiger partial charge on any atom is 0.402 e. The van der Waals surface area contributed by atoms with Gasteiger partial charge in [0.1, 0.15) is 18.2 Å². The smallest absolute Gasteiger partial charge is 0.384 e. The van der Waals surface area contributed by atoms with Gasteiger partial charge in [0.25, 0.3) is 10.2 Å². The van der Waals surface area contributed by atoms with Gasteiger partial charge in [0.15, 0.2) is 0 Å². The molecule has 0 aliphatic heterocycles. The Balaban J connectivity index is 2.99. The summed E-state index contributed by atoms with van der Waals surface area (Å²) < 4.78 is 74.8. The van der Waals surface area contributed by atoms with Crippen LogP contribution in [0.1, 0.15) is 5.56 Å². The second-order valence-corrected chi connectivity index (χ2v) is 5.12. The molecule has 0 bridgehead atoms. The zero-order valence-electron chi connectivity index (χ0n) is 9.75. The molecule has 1 aromatic rings. The zero-order chi connectivity index (χ0) is 15.6. The van der Waals surface area contributed by atoms with E-state index in [0.29, 0.717) is 0 Å². The predicted octanol–water partition coefficient (Wildman–Crippen LogP) is 0.918. The first kappa shape index (κ1) is 16.2. The minimum absolute atomic E-state index is 0.438. The van der Waals surface area contributed by atoms with Crippen LogP contribution in [0.3, 0.4) is 0 Å². The fraction of sp³-hybridized carbons (Fsp3) is 0.222. The van der Waals surface area contributed by atoms with Crippen molar-refractivity contribution in [2.75, 3.05) is 11.3 Å². The third-order valence-electron chi connectivity index (χ3n) is 1.99. The Morgan fingerprint density at radius 2 is 1.95 bits per heavy atom. The fourth-order valence-corrected chi connectivity index (χ4v) is 2.13. The molecule has 0 aliphatic carbocycles. The molecule has 6 nitrogen and oxygen atoms in total. The second kappa shape index (κ2) is 5.63. The molecule has 0 saturated heterocycles. The van der Waals surface area contributed by atoms with Gasteiger partial charge >= 0.3 is 6.18 Å². The first-order valence-corrected chi connectivity index (χ1v) is 6.47. The van der Waals surface area contributed by atoms with E-state index in [9.17, 15) is 26.0 Å². The molecule has 0 radical (unpaired) electrons. The van der Waals surface area contributed by atoms with Crippen LogP contribution in [0, 0.1) is 11.2 Å². The van der Waals surface area contributed by atoms with E-state index in [1.807, 2.05) is 0 Å². The van der Waals surface area contributed by atoms with Gasteiger partial charge in [-0.3, -0.25) is 10.1 Å². The number of nitrogens with one attached hydrogen (secondary N) is 3. The molecule has 11 heteroatoms. The van der Waals surface area contributed by atoms with E-state index < -0.39 is 45.8 Å². The molecule has 0 heterocycles. The molecule has 0 unspecified atom stereocenters. The number of alkyl halides is 3. The summed E-state index contributed by atoms with van der Waals surface area (Å²) in [5.74, 6) is -1.75. The highest BCUT2D eigenvalue weighted by atomic mass is 32.2. The Bertz CT molecular complexity index is 615. The molecule has 1 aromatic carbocycles. The highest BCUT2D eigenvalue weighted by molar-refractivity contribution is 7.90. The Labute approximate surface area is 111 Å². The third kappa shape index (κ3) is 4.66. The van der Waals surface area contributed by atoms with Crippen LogP contribution < -0.4 is 15.2 Å². The molecule has 0 fully saturated rings. The molecule has 0 amide bonds. The topological polar surface area (TPSA) is 108 Å². The Hall–Kier alpha value is -1.88. The van der Waals surface area contributed by atoms with Crippen molar-refractivity contribution < 1.29 is 26.0 Å². The Morgan fingerprint density at radius 3 is 2.45 bits per heavy atom. The largest absolute Gasteiger partial charge is 0.402 e. The second-order valence-electron chi connectivity index (χ2n) is 3.62. The summed E-state index contributed by atoms with van der Waals surface area (Å²) in [4.78, 5) is 0. The number of anilines is 1. The normalized spacial score (nSPS) is 12.2. The van der Waals surface area contributed by atoms with Crippen molar-refractivity contribution in [2.45, 2.75) is 6.18 Å². The lowest BCUT2D eigenvalue weighted by atomic mass is 10.1. The van der Waals surface area contributed by atoms with E-state index in [4.69, 9.17) is 11.1 Å². The van der Waals surface area contributed by atoms with Gasteiger partial charge in [-0.25, -0.2) is 4.39 Å². The number of rotatable bonds is 5. The molecule has 0 aliphatic rings. The number of nitrogens with two attached hydrogens (primary N) is 1. The van der Waals surface area contributed by atoms with Crippen LogP contribution in [0.4, 0.5) is 23.2 Å². The molecule has 0 spiro atoms. The number of halogens is 4. The zero-order valence-corrected chi connectivity index (χ0v) is 10.6. The lowest BCUT2D eigenvalue weighted by Gasteiger charge is -2.14. The molecular weight excluding hydrogens is 304 g/mol. The average Bonchev–Trinajstić information content (AvgIpc) is 2.24. The van der Waals surface area contributed by atoms with Gasteiger partial charge in [0.2, 0.25) is 0 Å². The van der Waals surface area contributed by atoms with Gasteiger partial charge < -0.3 is 5.73 Å². The van der Waals surface area contributed by atoms with Gasteiger partial charge in [0, 0.05) is 0 Å². The van der Waals surface area contributed by atoms with E-state index in [0.717, 1.165) is 18.2 Å². The van der Waals surface area contributed by atoms with E-state index in [-0.39, 0.29) is 0 Å². The molecule has 20 heavy (non-hydrogen) atoms. The van der Waals surface area contributed by atoms with Crippen molar-refractivity contribution in [3.8, 4) is 0 Å². The highest BCUT2D eigenvalue weighted by Gasteiger charge is 2.29. The van der Waals surface area contributed by atoms with Crippen LogP contribution in [-0.4, -0.2) is 27.0 Å². The monoisotopic (exact) mass is 314 g/mol. The molecule has 0 saturated carbocycles. The number of nitrogen functional groups attached to an aromatic ring is 1. The van der Waals surface area contributed by atoms with Gasteiger partial charge in [-0.1, -0.05) is 6.07 Å². The fourth-order valence-electron chi connectivity index (χ4n) is 1.24. The minimum atomic E-state index is -4.74. The molecular formula is C9H10F4N4O2S. The number of hydrogen-bond donors (Lipinski definition) is 4. The summed E-state index contributed by atoms with van der Waals surface area (Å²) in [6, 6.07) is 3.10. The minimum Gasteiger partial charge on any atom is -0.384 e. The predicted molar refractivity (Wildman–Crippen MR) is 64.0 cm³/mol. The Kier molecular flexibility index (Phi) is 4.55. The van der Waals surface area contributed by atoms with E-state index >= 15 is 0 Å². The number of benzene rings is 1. The maximum absolute atomic E-state index is 13.4. The molecule has 0 atom stereocenters. The molecule has 112 valence electrons. The average molecular weight is 314 g/mol. The van der Waals surface area contributed by atoms with Crippen LogP contribution in [-0.2, 0) is 10.2 Å². The SMILES string of the molecule is N=C(N)c1c(F)cccc1NS(=O)(=O)NCC(F)(F)F. The lowest BCUT2D eigenvalue weighted by molar-refractivity contribution is -0.121. The Morgan fingerprint density at radius 1 is 1.35 bits per heavy atom. The van der Waals surface area contributed by atoms with Crippen molar-refractivity contribution in [3.63, 3.8) is 0 Å². The first-order valence-electron chi connectivity index (χ1n) is 4.99. The van der Waals surface area contributed by atoms with Crippen LogP contribution in [0.15, 0.2) is 18.2 Å². The van der Waals surface area contributed by atoms with Crippen molar-refractivity contribution in [1.29, 1.82) is 5.41 Å². The van der Waals surface area contributed by atoms with Gasteiger partial charge in [-0.05, 0) is 12.1 Å². The summed E-state index contributed by atoms with van der Waals surface area (Å²) in [6.07, 6.45) is -4.74. The lowest BCUT2D eigenvalue weighted by Crippen LogP contribution is -2.37. The number of amidine groups is 1. The summed E-state index contributed by atoms with van der Waals surface area (Å²) in [5.41, 5.74) is 4.10. The summed E-state index contributed by atoms with van der Waals surface area (Å²) in [7, 11) is -4.58. The van der Waals surface area contributed by atoms with Crippen LogP contribution in [0.25, 0.3) is 0 Å². The van der Waals surface area contributed by atoms with Crippen molar-refractivity contribution in [3.05, 3.63) is 29.6 Å². The van der Waals surface area contributed by atoms with E-state index in [2.05, 4.69) is 0 Å². The number of hydrogen-bond acceptors (Lipinski definition) is 3. The first-order chi connectivity index (χ1) is 9.02. The van der Waals surface area contributed by atoms with Gasteiger partial charge in [-0.2, -0.15) is 26.3 Å². The summed E-state index contributed by atoms with van der Waals surface area (Å²) in [5, 5.41) is 7.13. The third-order valence-corrected chi connectivity index (χ3v) is 3.00. The van der Waals surface area contributed by atoms with Crippen LogP contribution in [0.2, 0.25) is 0 Å². The van der Waals surface area contributed by atoms with Crippen molar-refractivity contribution in [1.82, 2.24) is 4.72 Å². The molecule has 0 aromatic heterocycles.